The van der Waals surface area contributed by atoms with E-state index in [9.17, 15) is 9.90 Å². The molecule has 122 valence electrons. The lowest BCUT2D eigenvalue weighted by molar-refractivity contribution is -0.169. The fraction of sp³-hybridized carbons (Fsp3) is 0.588. The van der Waals surface area contributed by atoms with Crippen LogP contribution in [0.4, 0.5) is 0 Å². The average molecular weight is 324 g/mol. The predicted molar refractivity (Wildman–Crippen MR) is 87.9 cm³/mol. The summed E-state index contributed by atoms with van der Waals surface area (Å²) < 4.78 is 11.6. The minimum absolute atomic E-state index is 0.157. The quantitative estimate of drug-likeness (QED) is 0.844. The summed E-state index contributed by atoms with van der Waals surface area (Å²) in [5, 5.41) is 10.4. The molecule has 0 aromatic heterocycles. The van der Waals surface area contributed by atoms with Gasteiger partial charge in [0.15, 0.2) is 0 Å². The Labute approximate surface area is 136 Å². The van der Waals surface area contributed by atoms with Crippen molar-refractivity contribution in [1.29, 1.82) is 0 Å². The molecular formula is C17H24O4S. The second-order valence-corrected chi connectivity index (χ2v) is 6.87. The van der Waals surface area contributed by atoms with Gasteiger partial charge in [-0.1, -0.05) is 39.0 Å². The average Bonchev–Trinajstić information content (AvgIpc) is 2.55. The SMILES string of the molecule is CCS[C@@H]1OC(CC)[C@H](O)[C@H](C)C1OC(=O)c1ccccc1. The first-order valence-electron chi connectivity index (χ1n) is 7.79. The van der Waals surface area contributed by atoms with Crippen molar-refractivity contribution in [3.63, 3.8) is 0 Å². The minimum Gasteiger partial charge on any atom is -0.455 e. The van der Waals surface area contributed by atoms with E-state index in [1.54, 1.807) is 36.0 Å². The molecule has 5 atom stereocenters. The zero-order valence-corrected chi connectivity index (χ0v) is 14.1. The van der Waals surface area contributed by atoms with Crippen molar-refractivity contribution in [3.8, 4) is 0 Å². The van der Waals surface area contributed by atoms with Crippen molar-refractivity contribution in [2.75, 3.05) is 5.75 Å². The number of aliphatic hydroxyl groups is 1. The van der Waals surface area contributed by atoms with Crippen LogP contribution < -0.4 is 0 Å². The van der Waals surface area contributed by atoms with Crippen LogP contribution in [0.2, 0.25) is 0 Å². The molecule has 0 bridgehead atoms. The van der Waals surface area contributed by atoms with E-state index in [4.69, 9.17) is 9.47 Å². The topological polar surface area (TPSA) is 55.8 Å². The Hall–Kier alpha value is -1.04. The van der Waals surface area contributed by atoms with Crippen LogP contribution in [-0.2, 0) is 9.47 Å². The monoisotopic (exact) mass is 324 g/mol. The van der Waals surface area contributed by atoms with Gasteiger partial charge in [-0.3, -0.25) is 0 Å². The molecule has 22 heavy (non-hydrogen) atoms. The third-order valence-electron chi connectivity index (χ3n) is 4.00. The third-order valence-corrected chi connectivity index (χ3v) is 5.04. The molecule has 0 saturated carbocycles. The van der Waals surface area contributed by atoms with Crippen LogP contribution in [0.1, 0.15) is 37.6 Å². The van der Waals surface area contributed by atoms with Crippen LogP contribution in [0.25, 0.3) is 0 Å². The highest BCUT2D eigenvalue weighted by atomic mass is 32.2. The zero-order valence-electron chi connectivity index (χ0n) is 13.3. The number of benzene rings is 1. The van der Waals surface area contributed by atoms with Gasteiger partial charge in [0.05, 0.1) is 17.8 Å². The molecule has 1 heterocycles. The van der Waals surface area contributed by atoms with E-state index >= 15 is 0 Å². The maximum absolute atomic E-state index is 12.3. The Morgan fingerprint density at radius 1 is 1.32 bits per heavy atom. The molecule has 0 aliphatic carbocycles. The lowest BCUT2D eigenvalue weighted by Crippen LogP contribution is -2.53. The normalized spacial score (nSPS) is 31.7. The van der Waals surface area contributed by atoms with Gasteiger partial charge in [0.1, 0.15) is 11.5 Å². The van der Waals surface area contributed by atoms with Crippen molar-refractivity contribution >= 4 is 17.7 Å². The number of aliphatic hydroxyl groups excluding tert-OH is 1. The zero-order chi connectivity index (χ0) is 16.1. The first-order valence-corrected chi connectivity index (χ1v) is 8.84. The first kappa shape index (κ1) is 17.3. The summed E-state index contributed by atoms with van der Waals surface area (Å²) in [7, 11) is 0. The van der Waals surface area contributed by atoms with E-state index in [1.165, 1.54) is 0 Å². The number of hydrogen-bond acceptors (Lipinski definition) is 5. The molecule has 1 aliphatic rings. The summed E-state index contributed by atoms with van der Waals surface area (Å²) in [6.45, 7) is 5.95. The van der Waals surface area contributed by atoms with Crippen LogP contribution in [0, 0.1) is 5.92 Å². The number of rotatable bonds is 5. The predicted octanol–water partition coefficient (Wildman–Crippen LogP) is 3.10. The standard InChI is InChI=1S/C17H24O4S/c1-4-13-14(18)11(3)15(17(20-13)22-5-2)21-16(19)12-9-7-6-8-10-12/h6-11,13-15,17-18H,4-5H2,1-3H3/t11-,13?,14+,15?,17-/m0/s1. The minimum atomic E-state index is -0.618. The Kier molecular flexibility index (Phi) is 6.29. The van der Waals surface area contributed by atoms with E-state index < -0.39 is 12.2 Å². The Morgan fingerprint density at radius 2 is 2.00 bits per heavy atom. The molecule has 0 spiro atoms. The van der Waals surface area contributed by atoms with Crippen LogP contribution in [0.15, 0.2) is 30.3 Å². The van der Waals surface area contributed by atoms with Crippen LogP contribution in [0.5, 0.6) is 0 Å². The molecule has 1 aliphatic heterocycles. The number of carbonyl (C=O) groups excluding carboxylic acids is 1. The fourth-order valence-corrected chi connectivity index (χ4v) is 3.72. The molecule has 2 unspecified atom stereocenters. The van der Waals surface area contributed by atoms with Gasteiger partial charge in [0, 0.05) is 5.92 Å². The van der Waals surface area contributed by atoms with Gasteiger partial charge in [0.2, 0.25) is 0 Å². The maximum atomic E-state index is 12.3. The van der Waals surface area contributed by atoms with Crippen LogP contribution in [0.3, 0.4) is 0 Å². The molecule has 1 aromatic carbocycles. The third kappa shape index (κ3) is 3.83. The van der Waals surface area contributed by atoms with Crippen LogP contribution in [-0.4, -0.2) is 40.6 Å². The Morgan fingerprint density at radius 3 is 2.59 bits per heavy atom. The van der Waals surface area contributed by atoms with E-state index in [0.717, 1.165) is 12.2 Å². The van der Waals surface area contributed by atoms with Crippen molar-refractivity contribution in [2.45, 2.75) is 50.9 Å². The lowest BCUT2D eigenvalue weighted by Gasteiger charge is -2.42. The van der Waals surface area contributed by atoms with Crippen molar-refractivity contribution in [3.05, 3.63) is 35.9 Å². The van der Waals surface area contributed by atoms with E-state index in [1.807, 2.05) is 26.8 Å². The second kappa shape index (κ2) is 7.99. The number of ether oxygens (including phenoxy) is 2. The van der Waals surface area contributed by atoms with Crippen LogP contribution >= 0.6 is 11.8 Å². The van der Waals surface area contributed by atoms with Crippen molar-refractivity contribution in [1.82, 2.24) is 0 Å². The molecule has 1 saturated heterocycles. The van der Waals surface area contributed by atoms with Gasteiger partial charge >= 0.3 is 5.97 Å². The highest BCUT2D eigenvalue weighted by Gasteiger charge is 2.44. The Bertz CT molecular complexity index is 479. The highest BCUT2D eigenvalue weighted by molar-refractivity contribution is 7.99. The molecule has 5 heteroatoms. The first-order chi connectivity index (χ1) is 10.6. The van der Waals surface area contributed by atoms with E-state index in [-0.39, 0.29) is 23.4 Å². The smallest absolute Gasteiger partial charge is 0.338 e. The second-order valence-electron chi connectivity index (χ2n) is 5.49. The molecule has 2 rings (SSSR count). The molecule has 0 amide bonds. The summed E-state index contributed by atoms with van der Waals surface area (Å²) in [6, 6.07) is 8.91. The molecule has 1 aromatic rings. The fourth-order valence-electron chi connectivity index (χ4n) is 2.68. The molecular weight excluding hydrogens is 300 g/mol. The molecule has 1 fully saturated rings. The summed E-state index contributed by atoms with van der Waals surface area (Å²) in [4.78, 5) is 12.3. The van der Waals surface area contributed by atoms with Gasteiger partial charge in [-0.15, -0.1) is 11.8 Å². The summed E-state index contributed by atoms with van der Waals surface area (Å²) in [5.41, 5.74) is 0.281. The van der Waals surface area contributed by atoms with Gasteiger partial charge in [-0.25, -0.2) is 4.79 Å². The molecule has 4 nitrogen and oxygen atoms in total. The van der Waals surface area contributed by atoms with E-state index in [0.29, 0.717) is 5.56 Å². The summed E-state index contributed by atoms with van der Waals surface area (Å²) >= 11 is 1.61. The van der Waals surface area contributed by atoms with Gasteiger partial charge in [-0.2, -0.15) is 0 Å². The Balaban J connectivity index is 2.13. The highest BCUT2D eigenvalue weighted by Crippen LogP contribution is 2.35. The van der Waals surface area contributed by atoms with Crippen molar-refractivity contribution < 1.29 is 19.4 Å². The summed E-state index contributed by atoms with van der Waals surface area (Å²) in [6.07, 6.45) is -0.528. The van der Waals surface area contributed by atoms with Gasteiger partial charge < -0.3 is 14.6 Å². The maximum Gasteiger partial charge on any atom is 0.338 e. The number of hydrogen-bond donors (Lipinski definition) is 1. The number of esters is 1. The van der Waals surface area contributed by atoms with Crippen molar-refractivity contribution in [2.24, 2.45) is 5.92 Å². The van der Waals surface area contributed by atoms with E-state index in [2.05, 4.69) is 0 Å². The largest absolute Gasteiger partial charge is 0.455 e. The summed E-state index contributed by atoms with van der Waals surface area (Å²) in [5.74, 6) is 0.337. The van der Waals surface area contributed by atoms with Gasteiger partial charge in [-0.05, 0) is 24.3 Å². The number of thioether (sulfide) groups is 1. The number of carbonyl (C=O) groups is 1. The molecule has 1 N–H and O–H groups in total. The lowest BCUT2D eigenvalue weighted by atomic mass is 9.90. The molecule has 0 radical (unpaired) electrons. The van der Waals surface area contributed by atoms with Gasteiger partial charge in [0.25, 0.3) is 0 Å².